The standard InChI is InChI=1S/C8H13N8O5P/c9-8-12-5-4(7(18)13-8)11-2-15(5)16-14-6(17)3(21-16)1-20-22(10)19/h2-3,6,14,17,19H,1,10H2,(H3,9,12,13,18)/t3-,6-,22?/m1/s1. The first-order valence-corrected chi connectivity index (χ1v) is 7.24. The van der Waals surface area contributed by atoms with Crippen LogP contribution in [0, 0.1) is 0 Å². The number of imidazole rings is 1. The van der Waals surface area contributed by atoms with Crippen LogP contribution in [0.2, 0.25) is 0 Å². The molecule has 3 heterocycles. The van der Waals surface area contributed by atoms with Crippen LogP contribution in [-0.2, 0) is 9.36 Å². The number of aromatic amines is 1. The Labute approximate surface area is 123 Å². The number of nitrogens with two attached hydrogens (primary N) is 2. The summed E-state index contributed by atoms with van der Waals surface area (Å²) in [7, 11) is -2.06. The van der Waals surface area contributed by atoms with Crippen molar-refractivity contribution in [1.29, 1.82) is 0 Å². The van der Waals surface area contributed by atoms with Gasteiger partial charge in [0.05, 0.1) is 6.61 Å². The highest BCUT2D eigenvalue weighted by atomic mass is 31.2. The summed E-state index contributed by atoms with van der Waals surface area (Å²) < 4.78 is 6.06. The molecule has 0 bridgehead atoms. The van der Waals surface area contributed by atoms with Gasteiger partial charge < -0.3 is 20.3 Å². The van der Waals surface area contributed by atoms with Crippen molar-refractivity contribution in [3.8, 4) is 0 Å². The third kappa shape index (κ3) is 2.74. The van der Waals surface area contributed by atoms with Gasteiger partial charge >= 0.3 is 0 Å². The molecule has 1 fully saturated rings. The van der Waals surface area contributed by atoms with Crippen LogP contribution < -0.4 is 27.5 Å². The Bertz CT molecular complexity index is 733. The van der Waals surface area contributed by atoms with E-state index in [-0.39, 0.29) is 23.7 Å². The lowest BCUT2D eigenvalue weighted by atomic mass is 10.3. The van der Waals surface area contributed by atoms with Gasteiger partial charge in [-0.3, -0.25) is 15.3 Å². The summed E-state index contributed by atoms with van der Waals surface area (Å²) in [5.41, 5.74) is 12.8. The first-order valence-electron chi connectivity index (χ1n) is 5.96. The number of H-pyrrole nitrogens is 1. The lowest BCUT2D eigenvalue weighted by Crippen LogP contribution is -2.42. The van der Waals surface area contributed by atoms with Crippen molar-refractivity contribution < 1.29 is 19.4 Å². The van der Waals surface area contributed by atoms with Gasteiger partial charge in [-0.2, -0.15) is 15.1 Å². The van der Waals surface area contributed by atoms with Gasteiger partial charge in [0.2, 0.25) is 14.5 Å². The van der Waals surface area contributed by atoms with Gasteiger partial charge in [0.25, 0.3) is 5.56 Å². The maximum absolute atomic E-state index is 11.7. The average Bonchev–Trinajstić information content (AvgIpc) is 3.00. The van der Waals surface area contributed by atoms with E-state index < -0.39 is 26.4 Å². The molecule has 2 aromatic heterocycles. The molecule has 2 aromatic rings. The number of nitrogens with zero attached hydrogens (tertiary/aromatic N) is 4. The molecule has 0 spiro atoms. The molecule has 1 unspecified atom stereocenters. The molecule has 1 saturated heterocycles. The number of fused-ring (bicyclic) bond motifs is 1. The minimum absolute atomic E-state index is 0.0506. The molecule has 13 nitrogen and oxygen atoms in total. The monoisotopic (exact) mass is 332 g/mol. The van der Waals surface area contributed by atoms with E-state index in [4.69, 9.17) is 25.5 Å². The molecule has 0 radical (unpaired) electrons. The van der Waals surface area contributed by atoms with Crippen molar-refractivity contribution in [2.24, 2.45) is 5.50 Å². The third-order valence-electron chi connectivity index (χ3n) is 2.80. The van der Waals surface area contributed by atoms with Crippen LogP contribution in [0.1, 0.15) is 0 Å². The lowest BCUT2D eigenvalue weighted by Gasteiger charge is -2.17. The number of aliphatic hydroxyl groups excluding tert-OH is 1. The van der Waals surface area contributed by atoms with Gasteiger partial charge in [0.15, 0.2) is 23.5 Å². The van der Waals surface area contributed by atoms with Crippen LogP contribution in [0.4, 0.5) is 5.95 Å². The van der Waals surface area contributed by atoms with Crippen molar-refractivity contribution >= 4 is 25.6 Å². The Morgan fingerprint density at radius 1 is 1.59 bits per heavy atom. The molecule has 0 aliphatic carbocycles. The predicted octanol–water partition coefficient (Wildman–Crippen LogP) is -3.03. The van der Waals surface area contributed by atoms with E-state index in [9.17, 15) is 9.90 Å². The first kappa shape index (κ1) is 15.1. The molecule has 3 atom stereocenters. The van der Waals surface area contributed by atoms with Gasteiger partial charge in [0, 0.05) is 0 Å². The molecule has 120 valence electrons. The molecule has 0 aromatic carbocycles. The number of nitrogen functional groups attached to an aromatic ring is 1. The number of rotatable bonds is 4. The number of nitrogens with one attached hydrogen (secondary N) is 2. The van der Waals surface area contributed by atoms with E-state index in [1.807, 2.05) is 0 Å². The lowest BCUT2D eigenvalue weighted by molar-refractivity contribution is -0.0151. The summed E-state index contributed by atoms with van der Waals surface area (Å²) in [6.45, 7) is -0.147. The quantitative estimate of drug-likeness (QED) is 0.312. The average molecular weight is 332 g/mol. The highest BCUT2D eigenvalue weighted by molar-refractivity contribution is 7.43. The van der Waals surface area contributed by atoms with Crippen LogP contribution in [0.25, 0.3) is 11.2 Å². The summed E-state index contributed by atoms with van der Waals surface area (Å²) in [5, 5.41) is 10.9. The SMILES string of the molecule is Nc1nc2c(ncn2N2N[C@H](O)[C@@H](COP(N)O)O2)c(=O)[nH]1. The molecular weight excluding hydrogens is 319 g/mol. The molecule has 1 aliphatic heterocycles. The normalized spacial score (nSPS) is 23.3. The van der Waals surface area contributed by atoms with Gasteiger partial charge in [-0.15, -0.1) is 5.28 Å². The van der Waals surface area contributed by atoms with Crippen molar-refractivity contribution in [1.82, 2.24) is 25.1 Å². The van der Waals surface area contributed by atoms with Crippen LogP contribution in [0.5, 0.6) is 0 Å². The summed E-state index contributed by atoms with van der Waals surface area (Å²) in [6.07, 6.45) is -0.707. The van der Waals surface area contributed by atoms with E-state index >= 15 is 0 Å². The first-order chi connectivity index (χ1) is 10.5. The minimum Gasteiger partial charge on any atom is -0.374 e. The zero-order valence-corrected chi connectivity index (χ0v) is 11.8. The number of hydrogen-bond acceptors (Lipinski definition) is 11. The topological polar surface area (TPSA) is 190 Å². The van der Waals surface area contributed by atoms with Crippen LogP contribution in [-0.4, -0.2) is 48.6 Å². The molecule has 22 heavy (non-hydrogen) atoms. The van der Waals surface area contributed by atoms with Gasteiger partial charge in [-0.05, 0) is 0 Å². The number of aliphatic hydroxyl groups is 1. The van der Waals surface area contributed by atoms with Crippen molar-refractivity contribution in [3.05, 3.63) is 16.7 Å². The maximum atomic E-state index is 11.7. The number of hydrazine groups is 1. The van der Waals surface area contributed by atoms with Crippen LogP contribution in [0.3, 0.4) is 0 Å². The largest absolute Gasteiger partial charge is 0.374 e. The highest BCUT2D eigenvalue weighted by Gasteiger charge is 2.34. The molecule has 1 aliphatic rings. The molecule has 0 saturated carbocycles. The van der Waals surface area contributed by atoms with Gasteiger partial charge in [-0.25, -0.2) is 9.82 Å². The Morgan fingerprint density at radius 3 is 3.09 bits per heavy atom. The summed E-state index contributed by atoms with van der Waals surface area (Å²) >= 11 is 0. The van der Waals surface area contributed by atoms with Gasteiger partial charge in [0.1, 0.15) is 6.33 Å². The number of hydrogen-bond donors (Lipinski definition) is 6. The van der Waals surface area contributed by atoms with E-state index in [0.29, 0.717) is 0 Å². The van der Waals surface area contributed by atoms with Crippen molar-refractivity contribution in [2.75, 3.05) is 17.6 Å². The zero-order valence-electron chi connectivity index (χ0n) is 10.9. The zero-order chi connectivity index (χ0) is 15.9. The molecule has 8 N–H and O–H groups in total. The minimum atomic E-state index is -2.06. The summed E-state index contributed by atoms with van der Waals surface area (Å²) in [5.74, 6) is -0.0899. The third-order valence-corrected chi connectivity index (χ3v) is 3.22. The van der Waals surface area contributed by atoms with Crippen molar-refractivity contribution in [2.45, 2.75) is 12.3 Å². The number of anilines is 1. The fourth-order valence-electron chi connectivity index (χ4n) is 1.85. The Morgan fingerprint density at radius 2 is 2.36 bits per heavy atom. The van der Waals surface area contributed by atoms with Crippen LogP contribution >= 0.6 is 8.53 Å². The molecular formula is C8H13N8O5P. The number of aromatic nitrogens is 4. The van der Waals surface area contributed by atoms with Gasteiger partial charge in [-0.1, -0.05) is 0 Å². The summed E-state index contributed by atoms with van der Waals surface area (Å²) in [4.78, 5) is 36.2. The maximum Gasteiger partial charge on any atom is 0.280 e. The second-order valence-corrected chi connectivity index (χ2v) is 5.16. The molecule has 0 amide bonds. The van der Waals surface area contributed by atoms with E-state index in [0.717, 1.165) is 5.28 Å². The Balaban J connectivity index is 1.85. The highest BCUT2D eigenvalue weighted by Crippen LogP contribution is 2.22. The van der Waals surface area contributed by atoms with Crippen molar-refractivity contribution in [3.63, 3.8) is 0 Å². The van der Waals surface area contributed by atoms with Crippen LogP contribution in [0.15, 0.2) is 11.1 Å². The predicted molar refractivity (Wildman–Crippen MR) is 74.1 cm³/mol. The molecule has 3 rings (SSSR count). The molecule has 14 heteroatoms. The fraction of sp³-hybridized carbons (Fsp3) is 0.375. The fourth-order valence-corrected chi connectivity index (χ4v) is 2.14. The van der Waals surface area contributed by atoms with E-state index in [1.54, 1.807) is 0 Å². The second-order valence-electron chi connectivity index (χ2n) is 4.30. The Hall–Kier alpha value is -1.86. The second kappa shape index (κ2) is 5.73. The van der Waals surface area contributed by atoms with E-state index in [2.05, 4.69) is 20.4 Å². The smallest absolute Gasteiger partial charge is 0.280 e. The summed E-state index contributed by atoms with van der Waals surface area (Å²) in [6, 6.07) is 0. The Kier molecular flexibility index (Phi) is 3.92. The van der Waals surface area contributed by atoms with E-state index in [1.165, 1.54) is 11.0 Å².